The van der Waals surface area contributed by atoms with E-state index in [2.05, 4.69) is 43.6 Å². The fourth-order valence-corrected chi connectivity index (χ4v) is 1.21. The molecule has 0 fully saturated rings. The van der Waals surface area contributed by atoms with Crippen molar-refractivity contribution < 1.29 is 4.79 Å². The van der Waals surface area contributed by atoms with Crippen LogP contribution in [0, 0.1) is 0 Å². The molecular weight excluding hydrogens is 202 g/mol. The van der Waals surface area contributed by atoms with E-state index < -0.39 is 0 Å². The van der Waals surface area contributed by atoms with Gasteiger partial charge in [0.1, 0.15) is 0 Å². The topological polar surface area (TPSA) is 53.2 Å². The molecule has 0 unspecified atom stereocenters. The van der Waals surface area contributed by atoms with Crippen molar-refractivity contribution in [3.8, 4) is 0 Å². The molecule has 0 aliphatic rings. The lowest BCUT2D eigenvalue weighted by Gasteiger charge is -2.20. The molecule has 16 heavy (non-hydrogen) atoms. The van der Waals surface area contributed by atoms with Crippen LogP contribution in [0.25, 0.3) is 0 Å². The molecule has 3 N–H and O–H groups in total. The second kappa shape index (κ2) is 8.53. The molecule has 0 atom stereocenters. The zero-order valence-corrected chi connectivity index (χ0v) is 11.2. The Kier molecular flexibility index (Phi) is 8.21. The van der Waals surface area contributed by atoms with E-state index in [1.165, 1.54) is 0 Å². The number of nitrogens with one attached hydrogen (secondary N) is 3. The Bertz CT molecular complexity index is 187. The van der Waals surface area contributed by atoms with E-state index in [9.17, 15) is 4.79 Å². The lowest BCUT2D eigenvalue weighted by Crippen LogP contribution is -2.40. The highest BCUT2D eigenvalue weighted by Crippen LogP contribution is 1.96. The third kappa shape index (κ3) is 11.5. The van der Waals surface area contributed by atoms with Gasteiger partial charge in [-0.3, -0.25) is 4.79 Å². The predicted octanol–water partition coefficient (Wildman–Crippen LogP) is 0.880. The summed E-state index contributed by atoms with van der Waals surface area (Å²) in [7, 11) is 0. The minimum absolute atomic E-state index is 0.137. The number of rotatable bonds is 8. The molecule has 0 bridgehead atoms. The van der Waals surface area contributed by atoms with Crippen molar-refractivity contribution in [3.63, 3.8) is 0 Å². The van der Waals surface area contributed by atoms with Crippen molar-refractivity contribution in [3.05, 3.63) is 0 Å². The van der Waals surface area contributed by atoms with Gasteiger partial charge in [0.15, 0.2) is 0 Å². The van der Waals surface area contributed by atoms with Crippen LogP contribution in [0.4, 0.5) is 0 Å². The van der Waals surface area contributed by atoms with Crippen LogP contribution in [-0.2, 0) is 4.79 Å². The molecule has 4 nitrogen and oxygen atoms in total. The molecule has 0 aliphatic heterocycles. The van der Waals surface area contributed by atoms with Crippen LogP contribution >= 0.6 is 0 Å². The molecule has 0 aromatic carbocycles. The largest absolute Gasteiger partial charge is 0.356 e. The van der Waals surface area contributed by atoms with E-state index in [-0.39, 0.29) is 11.4 Å². The van der Waals surface area contributed by atoms with Crippen molar-refractivity contribution in [2.24, 2.45) is 0 Å². The standard InChI is InChI=1S/C12H27N3O/c1-5-7-14-11(16)6-8-13-9-10-15-12(2,3)4/h13,15H,5-10H2,1-4H3,(H,14,16). The van der Waals surface area contributed by atoms with Crippen LogP contribution in [0.2, 0.25) is 0 Å². The Balaban J connectivity index is 3.24. The molecule has 0 rings (SSSR count). The van der Waals surface area contributed by atoms with Gasteiger partial charge in [0.25, 0.3) is 0 Å². The van der Waals surface area contributed by atoms with Gasteiger partial charge < -0.3 is 16.0 Å². The first-order valence-corrected chi connectivity index (χ1v) is 6.18. The van der Waals surface area contributed by atoms with E-state index >= 15 is 0 Å². The van der Waals surface area contributed by atoms with Gasteiger partial charge in [-0.2, -0.15) is 0 Å². The van der Waals surface area contributed by atoms with Crippen LogP contribution in [0.3, 0.4) is 0 Å². The normalized spacial score (nSPS) is 11.5. The lowest BCUT2D eigenvalue weighted by molar-refractivity contribution is -0.120. The Morgan fingerprint density at radius 1 is 1.06 bits per heavy atom. The first-order chi connectivity index (χ1) is 7.45. The minimum atomic E-state index is 0.137. The third-order valence-corrected chi connectivity index (χ3v) is 2.06. The Labute approximate surface area is 99.6 Å². The van der Waals surface area contributed by atoms with Crippen molar-refractivity contribution in [1.82, 2.24) is 16.0 Å². The molecule has 0 saturated carbocycles. The molecule has 4 heteroatoms. The summed E-state index contributed by atoms with van der Waals surface area (Å²) in [4.78, 5) is 11.2. The van der Waals surface area contributed by atoms with Crippen molar-refractivity contribution >= 4 is 5.91 Å². The average molecular weight is 229 g/mol. The smallest absolute Gasteiger partial charge is 0.221 e. The number of hydrogen-bond donors (Lipinski definition) is 3. The van der Waals surface area contributed by atoms with Gasteiger partial charge in [-0.05, 0) is 27.2 Å². The summed E-state index contributed by atoms with van der Waals surface area (Å²) in [6.07, 6.45) is 1.56. The maximum Gasteiger partial charge on any atom is 0.221 e. The highest BCUT2D eigenvalue weighted by Gasteiger charge is 2.06. The molecule has 1 amide bonds. The van der Waals surface area contributed by atoms with Gasteiger partial charge in [0.2, 0.25) is 5.91 Å². The summed E-state index contributed by atoms with van der Waals surface area (Å²) in [5.74, 6) is 0.137. The summed E-state index contributed by atoms with van der Waals surface area (Å²) < 4.78 is 0. The van der Waals surface area contributed by atoms with Crippen molar-refractivity contribution in [1.29, 1.82) is 0 Å². The van der Waals surface area contributed by atoms with E-state index in [1.54, 1.807) is 0 Å². The van der Waals surface area contributed by atoms with Gasteiger partial charge in [-0.15, -0.1) is 0 Å². The number of carbonyl (C=O) groups excluding carboxylic acids is 1. The summed E-state index contributed by atoms with van der Waals surface area (Å²) in [5, 5.41) is 9.48. The molecule has 0 saturated heterocycles. The first kappa shape index (κ1) is 15.4. The number of hydrogen-bond acceptors (Lipinski definition) is 3. The van der Waals surface area contributed by atoms with Gasteiger partial charge in [0, 0.05) is 38.1 Å². The summed E-state index contributed by atoms with van der Waals surface area (Å²) in [6, 6.07) is 0. The van der Waals surface area contributed by atoms with E-state index in [4.69, 9.17) is 0 Å². The van der Waals surface area contributed by atoms with Crippen LogP contribution in [0.15, 0.2) is 0 Å². The van der Waals surface area contributed by atoms with Crippen LogP contribution < -0.4 is 16.0 Å². The summed E-state index contributed by atoms with van der Waals surface area (Å²) >= 11 is 0. The van der Waals surface area contributed by atoms with Gasteiger partial charge in [-0.25, -0.2) is 0 Å². The molecule has 0 aromatic heterocycles. The van der Waals surface area contributed by atoms with Crippen molar-refractivity contribution in [2.45, 2.75) is 46.1 Å². The monoisotopic (exact) mass is 229 g/mol. The predicted molar refractivity (Wildman–Crippen MR) is 68.5 cm³/mol. The molecule has 0 aromatic rings. The summed E-state index contributed by atoms with van der Waals surface area (Å²) in [6.45, 7) is 11.8. The van der Waals surface area contributed by atoms with E-state index in [0.717, 1.165) is 32.6 Å². The third-order valence-electron chi connectivity index (χ3n) is 2.06. The second-order valence-electron chi connectivity index (χ2n) is 5.03. The van der Waals surface area contributed by atoms with E-state index in [0.29, 0.717) is 6.42 Å². The highest BCUT2D eigenvalue weighted by molar-refractivity contribution is 5.75. The lowest BCUT2D eigenvalue weighted by atomic mass is 10.1. The number of amides is 1. The molecule has 0 spiro atoms. The van der Waals surface area contributed by atoms with Gasteiger partial charge in [0.05, 0.1) is 0 Å². The average Bonchev–Trinajstić information content (AvgIpc) is 2.18. The van der Waals surface area contributed by atoms with Crippen molar-refractivity contribution in [2.75, 3.05) is 26.2 Å². The van der Waals surface area contributed by atoms with Gasteiger partial charge >= 0.3 is 0 Å². The highest BCUT2D eigenvalue weighted by atomic mass is 16.1. The fourth-order valence-electron chi connectivity index (χ4n) is 1.21. The van der Waals surface area contributed by atoms with E-state index in [1.807, 2.05) is 0 Å². The van der Waals surface area contributed by atoms with Gasteiger partial charge in [-0.1, -0.05) is 6.92 Å². The maximum atomic E-state index is 11.2. The van der Waals surface area contributed by atoms with Crippen LogP contribution in [0.1, 0.15) is 40.5 Å². The molecule has 96 valence electrons. The summed E-state index contributed by atoms with van der Waals surface area (Å²) in [5.41, 5.74) is 0.167. The van der Waals surface area contributed by atoms with Crippen LogP contribution in [-0.4, -0.2) is 37.6 Å². The Morgan fingerprint density at radius 2 is 1.75 bits per heavy atom. The number of carbonyl (C=O) groups is 1. The minimum Gasteiger partial charge on any atom is -0.356 e. The molecule has 0 aliphatic carbocycles. The SMILES string of the molecule is CCCNC(=O)CCNCCNC(C)(C)C. The fraction of sp³-hybridized carbons (Fsp3) is 0.917. The molecular formula is C12H27N3O. The quantitative estimate of drug-likeness (QED) is 0.542. The Hall–Kier alpha value is -0.610. The first-order valence-electron chi connectivity index (χ1n) is 6.18. The molecule has 0 radical (unpaired) electrons. The second-order valence-corrected chi connectivity index (χ2v) is 5.03. The zero-order valence-electron chi connectivity index (χ0n) is 11.2. The zero-order chi connectivity index (χ0) is 12.4. The Morgan fingerprint density at radius 3 is 2.31 bits per heavy atom. The van der Waals surface area contributed by atoms with Crippen LogP contribution in [0.5, 0.6) is 0 Å². The molecule has 0 heterocycles. The maximum absolute atomic E-state index is 11.2.